The molecule has 1 atom stereocenters. The monoisotopic (exact) mass is 241 g/mol. The summed E-state index contributed by atoms with van der Waals surface area (Å²) in [7, 11) is 0. The first-order valence-corrected chi connectivity index (χ1v) is 5.63. The molecule has 1 unspecified atom stereocenters. The number of nitriles is 1. The summed E-state index contributed by atoms with van der Waals surface area (Å²) in [6, 6.07) is 17.5. The second kappa shape index (κ2) is 5.83. The average Bonchev–Trinajstić information content (AvgIpc) is 2.39. The summed E-state index contributed by atoms with van der Waals surface area (Å²) < 4.78 is 18.7. The van der Waals surface area contributed by atoms with Crippen LogP contribution in [0.1, 0.15) is 18.1 Å². The van der Waals surface area contributed by atoms with Crippen LogP contribution in [0.5, 0.6) is 5.75 Å². The summed E-state index contributed by atoms with van der Waals surface area (Å²) in [4.78, 5) is 0. The van der Waals surface area contributed by atoms with Crippen LogP contribution >= 0.6 is 0 Å². The molecule has 0 aliphatic heterocycles. The van der Waals surface area contributed by atoms with Gasteiger partial charge in [0.05, 0.1) is 12.5 Å². The van der Waals surface area contributed by atoms with Gasteiger partial charge >= 0.3 is 0 Å². The predicted molar refractivity (Wildman–Crippen MR) is 66.4 cm³/mol. The number of ether oxygens (including phenoxy) is 1. The van der Waals surface area contributed by atoms with Crippen molar-refractivity contribution in [3.8, 4) is 11.8 Å². The summed E-state index contributed by atoms with van der Waals surface area (Å²) in [6.45, 7) is 0. The van der Waals surface area contributed by atoms with Crippen LogP contribution in [0.15, 0.2) is 54.6 Å². The highest BCUT2D eigenvalue weighted by molar-refractivity contribution is 5.25. The van der Waals surface area contributed by atoms with E-state index in [4.69, 9.17) is 10.00 Å². The zero-order valence-electron chi connectivity index (χ0n) is 9.71. The lowest BCUT2D eigenvalue weighted by Crippen LogP contribution is -2.06. The van der Waals surface area contributed by atoms with Crippen molar-refractivity contribution >= 4 is 0 Å². The Morgan fingerprint density at radius 1 is 1.11 bits per heavy atom. The van der Waals surface area contributed by atoms with Crippen LogP contribution in [-0.2, 0) is 0 Å². The molecule has 0 aliphatic rings. The number of nitrogens with zero attached hydrogens (tertiary/aromatic N) is 1. The Labute approximate surface area is 105 Å². The number of hydrogen-bond donors (Lipinski definition) is 0. The van der Waals surface area contributed by atoms with Crippen LogP contribution < -0.4 is 4.74 Å². The SMILES string of the molecule is N#CCC(Oc1cccc(F)c1)c1ccccc1. The molecule has 90 valence electrons. The lowest BCUT2D eigenvalue weighted by atomic mass is 10.1. The summed E-state index contributed by atoms with van der Waals surface area (Å²) in [5.41, 5.74) is 0.906. The van der Waals surface area contributed by atoms with E-state index in [1.165, 1.54) is 12.1 Å². The minimum Gasteiger partial charge on any atom is -0.485 e. The fraction of sp³-hybridized carbons (Fsp3) is 0.133. The molecule has 0 bridgehead atoms. The molecule has 0 heterocycles. The number of rotatable bonds is 4. The molecule has 2 aromatic rings. The van der Waals surface area contributed by atoms with Crippen molar-refractivity contribution in [2.45, 2.75) is 12.5 Å². The van der Waals surface area contributed by atoms with Gasteiger partial charge in [-0.1, -0.05) is 36.4 Å². The van der Waals surface area contributed by atoms with E-state index in [2.05, 4.69) is 6.07 Å². The summed E-state index contributed by atoms with van der Waals surface area (Å²) in [6.07, 6.45) is -0.154. The fourth-order valence-corrected chi connectivity index (χ4v) is 1.68. The molecule has 0 N–H and O–H groups in total. The molecular weight excluding hydrogens is 229 g/mol. The van der Waals surface area contributed by atoms with Gasteiger partial charge in [0, 0.05) is 6.07 Å². The maximum absolute atomic E-state index is 13.1. The first-order valence-electron chi connectivity index (χ1n) is 5.63. The van der Waals surface area contributed by atoms with Crippen LogP contribution in [0, 0.1) is 17.1 Å². The molecule has 3 heteroatoms. The van der Waals surface area contributed by atoms with E-state index in [9.17, 15) is 4.39 Å². The fourth-order valence-electron chi connectivity index (χ4n) is 1.68. The minimum atomic E-state index is -0.377. The average molecular weight is 241 g/mol. The Kier molecular flexibility index (Phi) is 3.93. The van der Waals surface area contributed by atoms with Crippen molar-refractivity contribution in [3.63, 3.8) is 0 Å². The maximum atomic E-state index is 13.1. The first kappa shape index (κ1) is 12.1. The van der Waals surface area contributed by atoms with E-state index >= 15 is 0 Å². The minimum absolute atomic E-state index is 0.223. The van der Waals surface area contributed by atoms with Crippen molar-refractivity contribution in [3.05, 3.63) is 66.0 Å². The highest BCUT2D eigenvalue weighted by atomic mass is 19.1. The first-order chi connectivity index (χ1) is 8.79. The standard InChI is InChI=1S/C15H12FNO/c16-13-7-4-8-14(11-13)18-15(9-10-17)12-5-2-1-3-6-12/h1-8,11,15H,9H2. The highest BCUT2D eigenvalue weighted by Crippen LogP contribution is 2.24. The second-order valence-electron chi connectivity index (χ2n) is 3.84. The molecule has 0 amide bonds. The molecule has 0 radical (unpaired) electrons. The third-order valence-electron chi connectivity index (χ3n) is 2.52. The molecule has 0 fully saturated rings. The van der Waals surface area contributed by atoms with Crippen LogP contribution in [-0.4, -0.2) is 0 Å². The van der Waals surface area contributed by atoms with Gasteiger partial charge in [-0.05, 0) is 17.7 Å². The van der Waals surface area contributed by atoms with Crippen molar-refractivity contribution < 1.29 is 9.13 Å². The van der Waals surface area contributed by atoms with Gasteiger partial charge in [0.25, 0.3) is 0 Å². The van der Waals surface area contributed by atoms with E-state index in [0.29, 0.717) is 5.75 Å². The second-order valence-corrected chi connectivity index (χ2v) is 3.84. The van der Waals surface area contributed by atoms with Crippen molar-refractivity contribution in [2.75, 3.05) is 0 Å². The van der Waals surface area contributed by atoms with Gasteiger partial charge in [0.15, 0.2) is 0 Å². The normalized spacial score (nSPS) is 11.6. The molecule has 18 heavy (non-hydrogen) atoms. The van der Waals surface area contributed by atoms with Gasteiger partial charge in [-0.25, -0.2) is 4.39 Å². The van der Waals surface area contributed by atoms with Crippen LogP contribution in [0.25, 0.3) is 0 Å². The van der Waals surface area contributed by atoms with Gasteiger partial charge in [-0.2, -0.15) is 5.26 Å². The summed E-state index contributed by atoms with van der Waals surface area (Å²) in [5, 5.41) is 8.83. The molecule has 2 aromatic carbocycles. The predicted octanol–water partition coefficient (Wildman–Crippen LogP) is 3.86. The number of benzene rings is 2. The van der Waals surface area contributed by atoms with Crippen molar-refractivity contribution in [2.24, 2.45) is 0 Å². The smallest absolute Gasteiger partial charge is 0.137 e. The Hall–Kier alpha value is -2.34. The third kappa shape index (κ3) is 3.08. The zero-order chi connectivity index (χ0) is 12.8. The van der Waals surface area contributed by atoms with Crippen LogP contribution in [0.3, 0.4) is 0 Å². The van der Waals surface area contributed by atoms with E-state index < -0.39 is 0 Å². The van der Waals surface area contributed by atoms with E-state index in [-0.39, 0.29) is 18.3 Å². The Bertz CT molecular complexity index is 548. The number of halogens is 1. The van der Waals surface area contributed by atoms with Crippen LogP contribution in [0.4, 0.5) is 4.39 Å². The van der Waals surface area contributed by atoms with Gasteiger partial charge in [-0.15, -0.1) is 0 Å². The van der Waals surface area contributed by atoms with E-state index in [0.717, 1.165) is 5.56 Å². The molecule has 0 saturated heterocycles. The molecule has 0 aromatic heterocycles. The van der Waals surface area contributed by atoms with Crippen molar-refractivity contribution in [1.82, 2.24) is 0 Å². The Morgan fingerprint density at radius 2 is 1.89 bits per heavy atom. The highest BCUT2D eigenvalue weighted by Gasteiger charge is 2.12. The topological polar surface area (TPSA) is 33.0 Å². The zero-order valence-corrected chi connectivity index (χ0v) is 9.71. The third-order valence-corrected chi connectivity index (χ3v) is 2.52. The largest absolute Gasteiger partial charge is 0.485 e. The van der Waals surface area contributed by atoms with E-state index in [1.807, 2.05) is 30.3 Å². The van der Waals surface area contributed by atoms with Gasteiger partial charge in [-0.3, -0.25) is 0 Å². The molecule has 2 rings (SSSR count). The molecular formula is C15H12FNO. The van der Waals surface area contributed by atoms with Crippen LogP contribution in [0.2, 0.25) is 0 Å². The van der Waals surface area contributed by atoms with Crippen molar-refractivity contribution in [1.29, 1.82) is 5.26 Å². The van der Waals surface area contributed by atoms with Gasteiger partial charge < -0.3 is 4.74 Å². The lowest BCUT2D eigenvalue weighted by molar-refractivity contribution is 0.210. The molecule has 0 saturated carbocycles. The summed E-state index contributed by atoms with van der Waals surface area (Å²) >= 11 is 0. The maximum Gasteiger partial charge on any atom is 0.137 e. The summed E-state index contributed by atoms with van der Waals surface area (Å²) in [5.74, 6) is 0.0790. The Balaban J connectivity index is 2.20. The molecule has 2 nitrogen and oxygen atoms in total. The molecule has 0 aliphatic carbocycles. The van der Waals surface area contributed by atoms with Gasteiger partial charge in [0.1, 0.15) is 17.7 Å². The molecule has 0 spiro atoms. The number of hydrogen-bond acceptors (Lipinski definition) is 2. The Morgan fingerprint density at radius 3 is 2.56 bits per heavy atom. The quantitative estimate of drug-likeness (QED) is 0.814. The lowest BCUT2D eigenvalue weighted by Gasteiger charge is -2.16. The van der Waals surface area contributed by atoms with Gasteiger partial charge in [0.2, 0.25) is 0 Å². The van der Waals surface area contributed by atoms with E-state index in [1.54, 1.807) is 12.1 Å².